The van der Waals surface area contributed by atoms with Gasteiger partial charge in [-0.25, -0.2) is 0 Å². The number of aliphatic hydroxyl groups is 1. The number of carbonyl (C=O) groups is 2. The van der Waals surface area contributed by atoms with Crippen molar-refractivity contribution in [3.05, 3.63) is 0 Å². The molecule has 3 N–H and O–H groups in total. The lowest BCUT2D eigenvalue weighted by Gasteiger charge is -2.20. The Hall–Kier alpha value is -0.590. The zero-order valence-corrected chi connectivity index (χ0v) is 8.33. The van der Waals surface area contributed by atoms with Gasteiger partial charge in [0.15, 0.2) is 0 Å². The van der Waals surface area contributed by atoms with Crippen molar-refractivity contribution >= 4 is 24.4 Å². The zero-order valence-electron chi connectivity index (χ0n) is 7.43. The first-order valence-corrected chi connectivity index (χ1v) is 4.47. The van der Waals surface area contributed by atoms with Crippen LogP contribution in [0.4, 0.5) is 0 Å². The number of nitrogens with two attached hydrogens (primary N) is 1. The van der Waals surface area contributed by atoms with Crippen LogP contribution >= 0.6 is 12.6 Å². The molecule has 2 amide bonds. The smallest absolute Gasteiger partial charge is 0.248 e. The van der Waals surface area contributed by atoms with E-state index in [1.54, 1.807) is 0 Å². The van der Waals surface area contributed by atoms with Gasteiger partial charge in [0.05, 0.1) is 6.61 Å². The van der Waals surface area contributed by atoms with E-state index in [-0.39, 0.29) is 12.5 Å². The van der Waals surface area contributed by atoms with Gasteiger partial charge in [-0.1, -0.05) is 0 Å². The molecule has 0 aromatic heterocycles. The lowest BCUT2D eigenvalue weighted by atomic mass is 10.3. The Labute approximate surface area is 82.3 Å². The molecule has 0 bridgehead atoms. The van der Waals surface area contributed by atoms with Crippen LogP contribution in [0.3, 0.4) is 0 Å². The van der Waals surface area contributed by atoms with Crippen LogP contribution in [0, 0.1) is 0 Å². The van der Waals surface area contributed by atoms with Crippen molar-refractivity contribution in [2.24, 2.45) is 5.73 Å². The Morgan fingerprint density at radius 3 is 2.46 bits per heavy atom. The molecule has 0 aliphatic rings. The summed E-state index contributed by atoms with van der Waals surface area (Å²) in [7, 11) is 0. The van der Waals surface area contributed by atoms with Crippen molar-refractivity contribution in [1.82, 2.24) is 4.90 Å². The van der Waals surface area contributed by atoms with Crippen LogP contribution in [0.5, 0.6) is 0 Å². The van der Waals surface area contributed by atoms with Crippen LogP contribution in [0.1, 0.15) is 6.92 Å². The van der Waals surface area contributed by atoms with Crippen molar-refractivity contribution in [3.63, 3.8) is 0 Å². The normalized spacial score (nSPS) is 12.3. The van der Waals surface area contributed by atoms with E-state index in [1.165, 1.54) is 6.92 Å². The van der Waals surface area contributed by atoms with Gasteiger partial charge in [0, 0.05) is 19.2 Å². The maximum absolute atomic E-state index is 11.3. The maximum Gasteiger partial charge on any atom is 0.248 e. The molecule has 5 nitrogen and oxygen atoms in total. The van der Waals surface area contributed by atoms with Crippen molar-refractivity contribution in [2.75, 3.05) is 18.9 Å². The summed E-state index contributed by atoms with van der Waals surface area (Å²) < 4.78 is 0. The zero-order chi connectivity index (χ0) is 10.4. The topological polar surface area (TPSA) is 83.6 Å². The summed E-state index contributed by atoms with van der Waals surface area (Å²) in [5, 5.41) is 8.60. The van der Waals surface area contributed by atoms with Crippen LogP contribution in [-0.4, -0.2) is 46.8 Å². The second-order valence-electron chi connectivity index (χ2n) is 2.52. The van der Waals surface area contributed by atoms with Gasteiger partial charge in [-0.2, -0.15) is 12.6 Å². The molecule has 0 aliphatic carbocycles. The summed E-state index contributed by atoms with van der Waals surface area (Å²) in [6.45, 7) is 1.02. The molecule has 6 heteroatoms. The Bertz CT molecular complexity index is 198. The summed E-state index contributed by atoms with van der Waals surface area (Å²) in [6, 6.07) is -1.02. The molecule has 1 atom stereocenters. The Balaban J connectivity index is 4.36. The number of aliphatic hydroxyl groups excluding tert-OH is 1. The van der Waals surface area contributed by atoms with E-state index in [2.05, 4.69) is 12.6 Å². The van der Waals surface area contributed by atoms with Crippen LogP contribution < -0.4 is 5.73 Å². The molecule has 0 saturated carbocycles. The number of amides is 2. The summed E-state index contributed by atoms with van der Waals surface area (Å²) in [6.07, 6.45) is 0. The second-order valence-corrected chi connectivity index (χ2v) is 2.97. The lowest BCUT2D eigenvalue weighted by molar-refractivity contribution is -0.144. The molecule has 0 unspecified atom stereocenters. The molecule has 0 spiro atoms. The highest BCUT2D eigenvalue weighted by molar-refractivity contribution is 7.80. The monoisotopic (exact) mass is 206 g/mol. The molecule has 76 valence electrons. The van der Waals surface area contributed by atoms with Crippen LogP contribution in [-0.2, 0) is 9.59 Å². The van der Waals surface area contributed by atoms with E-state index in [0.717, 1.165) is 4.90 Å². The average Bonchev–Trinajstić information content (AvgIpc) is 2.11. The van der Waals surface area contributed by atoms with Gasteiger partial charge in [0.1, 0.15) is 6.04 Å². The predicted molar refractivity (Wildman–Crippen MR) is 51.3 cm³/mol. The van der Waals surface area contributed by atoms with Gasteiger partial charge < -0.3 is 10.8 Å². The van der Waals surface area contributed by atoms with E-state index in [0.29, 0.717) is 5.75 Å². The standard InChI is InChI=1S/C7H14N2O3S/c1-5(11)9(2-3-13)7(12)6(8)4-10/h6,10,13H,2-4,8H2,1H3/t6-/m0/s1. The molecular formula is C7H14N2O3S. The summed E-state index contributed by atoms with van der Waals surface area (Å²) in [4.78, 5) is 23.2. The average molecular weight is 206 g/mol. The highest BCUT2D eigenvalue weighted by atomic mass is 32.1. The van der Waals surface area contributed by atoms with E-state index in [9.17, 15) is 9.59 Å². The van der Waals surface area contributed by atoms with Gasteiger partial charge >= 0.3 is 0 Å². The van der Waals surface area contributed by atoms with Crippen LogP contribution in [0.15, 0.2) is 0 Å². The minimum Gasteiger partial charge on any atom is -0.394 e. The Morgan fingerprint density at radius 1 is 1.62 bits per heavy atom. The highest BCUT2D eigenvalue weighted by Gasteiger charge is 2.22. The second kappa shape index (κ2) is 5.95. The SMILES string of the molecule is CC(=O)N(CCS)C(=O)[C@@H](N)CO. The summed E-state index contributed by atoms with van der Waals surface area (Å²) in [5.41, 5.74) is 5.27. The molecule has 0 aromatic rings. The van der Waals surface area contributed by atoms with E-state index < -0.39 is 18.6 Å². The first-order valence-electron chi connectivity index (χ1n) is 3.83. The highest BCUT2D eigenvalue weighted by Crippen LogP contribution is 1.95. The van der Waals surface area contributed by atoms with Crippen molar-refractivity contribution < 1.29 is 14.7 Å². The lowest BCUT2D eigenvalue weighted by Crippen LogP contribution is -2.48. The number of rotatable bonds is 4. The number of thiol groups is 1. The number of hydrogen-bond donors (Lipinski definition) is 3. The van der Waals surface area contributed by atoms with Gasteiger partial charge in [-0.05, 0) is 0 Å². The molecule has 13 heavy (non-hydrogen) atoms. The molecule has 0 fully saturated rings. The molecular weight excluding hydrogens is 192 g/mol. The van der Waals surface area contributed by atoms with Gasteiger partial charge in [-0.15, -0.1) is 0 Å². The number of carbonyl (C=O) groups excluding carboxylic acids is 2. The fourth-order valence-electron chi connectivity index (χ4n) is 0.801. The number of hydrogen-bond acceptors (Lipinski definition) is 5. The van der Waals surface area contributed by atoms with Crippen LogP contribution in [0.25, 0.3) is 0 Å². The molecule has 0 heterocycles. The maximum atomic E-state index is 11.3. The van der Waals surface area contributed by atoms with Gasteiger partial charge in [-0.3, -0.25) is 14.5 Å². The molecule has 0 rings (SSSR count). The third-order valence-corrected chi connectivity index (χ3v) is 1.68. The number of nitrogens with zero attached hydrogens (tertiary/aromatic N) is 1. The van der Waals surface area contributed by atoms with Crippen LogP contribution in [0.2, 0.25) is 0 Å². The quantitative estimate of drug-likeness (QED) is 0.495. The molecule has 0 aromatic carbocycles. The summed E-state index contributed by atoms with van der Waals surface area (Å²) >= 11 is 3.90. The van der Waals surface area contributed by atoms with Crippen molar-refractivity contribution in [2.45, 2.75) is 13.0 Å². The Morgan fingerprint density at radius 2 is 2.15 bits per heavy atom. The summed E-state index contributed by atoms with van der Waals surface area (Å²) in [5.74, 6) is -0.573. The molecule has 0 radical (unpaired) electrons. The van der Waals surface area contributed by atoms with E-state index in [1.807, 2.05) is 0 Å². The molecule has 0 saturated heterocycles. The first kappa shape index (κ1) is 12.4. The Kier molecular flexibility index (Phi) is 5.68. The third kappa shape index (κ3) is 3.75. The van der Waals surface area contributed by atoms with E-state index >= 15 is 0 Å². The first-order chi connectivity index (χ1) is 6.04. The minimum absolute atomic E-state index is 0.213. The fourth-order valence-corrected chi connectivity index (χ4v) is 1.00. The van der Waals surface area contributed by atoms with Gasteiger partial charge in [0.25, 0.3) is 0 Å². The van der Waals surface area contributed by atoms with Gasteiger partial charge in [0.2, 0.25) is 11.8 Å². The fraction of sp³-hybridized carbons (Fsp3) is 0.714. The largest absolute Gasteiger partial charge is 0.394 e. The van der Waals surface area contributed by atoms with Crippen molar-refractivity contribution in [3.8, 4) is 0 Å². The third-order valence-electron chi connectivity index (χ3n) is 1.48. The number of imide groups is 1. The molecule has 0 aliphatic heterocycles. The predicted octanol–water partition coefficient (Wildman–Crippen LogP) is -1.39. The minimum atomic E-state index is -1.02. The van der Waals surface area contributed by atoms with Crippen molar-refractivity contribution in [1.29, 1.82) is 0 Å². The van der Waals surface area contributed by atoms with E-state index in [4.69, 9.17) is 10.8 Å².